The summed E-state index contributed by atoms with van der Waals surface area (Å²) in [5.41, 5.74) is 7.73. The highest BCUT2D eigenvalue weighted by Gasteiger charge is 2.53. The number of nitrogens with one attached hydrogen (secondary N) is 1. The summed E-state index contributed by atoms with van der Waals surface area (Å²) in [6.45, 7) is 0. The van der Waals surface area contributed by atoms with Gasteiger partial charge < -0.3 is 11.1 Å². The maximum Gasteiger partial charge on any atom is 0.315 e. The van der Waals surface area contributed by atoms with Crippen LogP contribution in [-0.2, 0) is 5.92 Å². The van der Waals surface area contributed by atoms with Gasteiger partial charge in [-0.3, -0.25) is 5.73 Å². The lowest BCUT2D eigenvalue weighted by molar-refractivity contribution is -0.0718. The van der Waals surface area contributed by atoms with Gasteiger partial charge in [0.2, 0.25) is 0 Å². The second-order valence-electron chi connectivity index (χ2n) is 3.88. The van der Waals surface area contributed by atoms with Crippen LogP contribution in [0.4, 0.5) is 13.2 Å². The molecule has 0 bridgehead atoms. The molecule has 0 saturated heterocycles. The summed E-state index contributed by atoms with van der Waals surface area (Å²) in [4.78, 5) is 3.55. The number of alkyl halides is 2. The Hall–Kier alpha value is -2.02. The van der Waals surface area contributed by atoms with E-state index in [-0.39, 0.29) is 5.96 Å². The molecule has 0 amide bonds. The molecule has 5 N–H and O–H groups in total. The molecule has 0 fully saturated rings. The third-order valence-electron chi connectivity index (χ3n) is 2.62. The van der Waals surface area contributed by atoms with Gasteiger partial charge in [-0.1, -0.05) is 12.1 Å². The Kier molecular flexibility index (Phi) is 2.78. The summed E-state index contributed by atoms with van der Waals surface area (Å²) in [6.07, 6.45) is 2.00. The summed E-state index contributed by atoms with van der Waals surface area (Å²) >= 11 is 0. The largest absolute Gasteiger partial charge is 0.370 e. The molecule has 1 aliphatic rings. The van der Waals surface area contributed by atoms with E-state index >= 15 is 0 Å². The van der Waals surface area contributed by atoms with Crippen LogP contribution in [0.15, 0.2) is 41.5 Å². The average molecular weight is 256 g/mol. The van der Waals surface area contributed by atoms with Crippen LogP contribution in [-0.4, -0.2) is 11.6 Å². The predicted molar refractivity (Wildman–Crippen MR) is 61.1 cm³/mol. The van der Waals surface area contributed by atoms with Crippen molar-refractivity contribution in [2.75, 3.05) is 0 Å². The van der Waals surface area contributed by atoms with Gasteiger partial charge in [-0.05, 0) is 18.2 Å². The quantitative estimate of drug-likeness (QED) is 0.739. The second kappa shape index (κ2) is 4.02. The van der Waals surface area contributed by atoms with E-state index in [1.54, 1.807) is 0 Å². The first-order valence-electron chi connectivity index (χ1n) is 5.08. The Morgan fingerprint density at radius 3 is 2.56 bits per heavy atom. The van der Waals surface area contributed by atoms with Crippen LogP contribution in [0.3, 0.4) is 0 Å². The van der Waals surface area contributed by atoms with Gasteiger partial charge in [0.1, 0.15) is 5.82 Å². The van der Waals surface area contributed by atoms with Crippen LogP contribution >= 0.6 is 0 Å². The van der Waals surface area contributed by atoms with E-state index in [1.165, 1.54) is 12.1 Å². The van der Waals surface area contributed by atoms with E-state index in [0.29, 0.717) is 0 Å². The van der Waals surface area contributed by atoms with Crippen LogP contribution in [0.25, 0.3) is 0 Å². The fourth-order valence-electron chi connectivity index (χ4n) is 1.64. The molecule has 2 rings (SSSR count). The van der Waals surface area contributed by atoms with Crippen LogP contribution in [0, 0.1) is 5.82 Å². The number of aliphatic imine (C=N–C) groups is 1. The monoisotopic (exact) mass is 256 g/mol. The lowest BCUT2D eigenvalue weighted by atomic mass is 9.94. The number of hydrogen-bond acceptors (Lipinski definition) is 4. The molecule has 1 aromatic carbocycles. The fraction of sp³-hybridized carbons (Fsp3) is 0.182. The number of hydrogen-bond donors (Lipinski definition) is 3. The van der Waals surface area contributed by atoms with Crippen molar-refractivity contribution in [1.82, 2.24) is 5.32 Å². The Morgan fingerprint density at radius 2 is 1.94 bits per heavy atom. The van der Waals surface area contributed by atoms with Gasteiger partial charge in [0.25, 0.3) is 0 Å². The molecule has 0 spiro atoms. The maximum atomic E-state index is 14.3. The van der Waals surface area contributed by atoms with Gasteiger partial charge in [-0.25, -0.2) is 9.38 Å². The number of rotatable bonds is 2. The van der Waals surface area contributed by atoms with Gasteiger partial charge in [0.05, 0.1) is 5.56 Å². The Bertz CT molecular complexity index is 527. The van der Waals surface area contributed by atoms with Crippen molar-refractivity contribution in [3.05, 3.63) is 47.9 Å². The van der Waals surface area contributed by atoms with Crippen LogP contribution in [0.5, 0.6) is 0 Å². The van der Waals surface area contributed by atoms with Crippen molar-refractivity contribution >= 4 is 5.96 Å². The molecule has 4 nitrogen and oxygen atoms in total. The van der Waals surface area contributed by atoms with E-state index < -0.39 is 23.0 Å². The van der Waals surface area contributed by atoms with E-state index in [1.807, 2.05) is 0 Å². The molecule has 0 saturated carbocycles. The maximum absolute atomic E-state index is 14.3. The lowest BCUT2D eigenvalue weighted by Gasteiger charge is -2.37. The van der Waals surface area contributed by atoms with Gasteiger partial charge in [0, 0.05) is 6.20 Å². The number of nitrogens with two attached hydrogens (primary N) is 2. The molecule has 18 heavy (non-hydrogen) atoms. The summed E-state index contributed by atoms with van der Waals surface area (Å²) in [5, 5.41) is 2.16. The van der Waals surface area contributed by atoms with Gasteiger partial charge in [-0.2, -0.15) is 8.78 Å². The lowest BCUT2D eigenvalue weighted by Crippen LogP contribution is -2.66. The molecule has 1 aliphatic heterocycles. The fourth-order valence-corrected chi connectivity index (χ4v) is 1.64. The van der Waals surface area contributed by atoms with Crippen LogP contribution in [0.1, 0.15) is 5.56 Å². The molecule has 1 heterocycles. The summed E-state index contributed by atoms with van der Waals surface area (Å²) in [7, 11) is 0. The van der Waals surface area contributed by atoms with Crippen molar-refractivity contribution in [1.29, 1.82) is 0 Å². The summed E-state index contributed by atoms with van der Waals surface area (Å²) < 4.78 is 42.0. The molecule has 1 aromatic rings. The minimum atomic E-state index is -3.69. The van der Waals surface area contributed by atoms with E-state index in [4.69, 9.17) is 11.5 Å². The minimum Gasteiger partial charge on any atom is -0.370 e. The first-order chi connectivity index (χ1) is 8.37. The highest BCUT2D eigenvalue weighted by atomic mass is 19.3. The van der Waals surface area contributed by atoms with E-state index in [9.17, 15) is 13.2 Å². The van der Waals surface area contributed by atoms with Crippen molar-refractivity contribution < 1.29 is 13.2 Å². The molecular weight excluding hydrogens is 245 g/mol. The highest BCUT2D eigenvalue weighted by molar-refractivity contribution is 5.80. The molecule has 0 aromatic heterocycles. The third kappa shape index (κ3) is 1.82. The Balaban J connectivity index is 2.46. The Labute approximate surface area is 101 Å². The zero-order valence-corrected chi connectivity index (χ0v) is 9.20. The average Bonchev–Trinajstić information content (AvgIpc) is 2.28. The van der Waals surface area contributed by atoms with Crippen LogP contribution < -0.4 is 16.8 Å². The van der Waals surface area contributed by atoms with Crippen molar-refractivity contribution in [2.45, 2.75) is 11.6 Å². The van der Waals surface area contributed by atoms with Crippen molar-refractivity contribution in [2.24, 2.45) is 16.5 Å². The van der Waals surface area contributed by atoms with Gasteiger partial charge in [0.15, 0.2) is 11.6 Å². The topological polar surface area (TPSA) is 76.4 Å². The molecule has 96 valence electrons. The molecule has 1 unspecified atom stereocenters. The van der Waals surface area contributed by atoms with E-state index in [2.05, 4.69) is 10.3 Å². The molecule has 0 radical (unpaired) electrons. The second-order valence-corrected chi connectivity index (χ2v) is 3.88. The zero-order valence-electron chi connectivity index (χ0n) is 9.20. The number of benzene rings is 1. The van der Waals surface area contributed by atoms with Gasteiger partial charge >= 0.3 is 5.92 Å². The minimum absolute atomic E-state index is 0.254. The number of guanidine groups is 1. The zero-order chi connectivity index (χ0) is 13.4. The summed E-state index contributed by atoms with van der Waals surface area (Å²) in [6, 6.07) is 4.54. The van der Waals surface area contributed by atoms with E-state index in [0.717, 1.165) is 24.4 Å². The number of halogens is 3. The SMILES string of the molecule is NC1=NC=CC(N)(C(F)(F)c2ccccc2F)N1. The Morgan fingerprint density at radius 1 is 1.28 bits per heavy atom. The van der Waals surface area contributed by atoms with Crippen LogP contribution in [0.2, 0.25) is 0 Å². The molecule has 1 atom stereocenters. The summed E-state index contributed by atoms with van der Waals surface area (Å²) in [5.74, 6) is -4.98. The molecular formula is C11H11F3N4. The molecule has 7 heteroatoms. The standard InChI is InChI=1S/C11H11F3N4/c12-8-4-2-1-3-7(8)11(13,14)10(16)5-6-17-9(15)18-10/h1-6H,16H2,(H3,15,17,18). The molecule has 0 aliphatic carbocycles. The van der Waals surface area contributed by atoms with Crippen molar-refractivity contribution in [3.8, 4) is 0 Å². The highest BCUT2D eigenvalue weighted by Crippen LogP contribution is 2.38. The third-order valence-corrected chi connectivity index (χ3v) is 2.62. The van der Waals surface area contributed by atoms with Crippen molar-refractivity contribution in [3.63, 3.8) is 0 Å². The first kappa shape index (κ1) is 12.4. The smallest absolute Gasteiger partial charge is 0.315 e. The first-order valence-corrected chi connectivity index (χ1v) is 5.08. The number of nitrogens with zero attached hydrogens (tertiary/aromatic N) is 1. The normalized spacial score (nSPS) is 23.4. The van der Waals surface area contributed by atoms with Gasteiger partial charge in [-0.15, -0.1) is 0 Å². The predicted octanol–water partition coefficient (Wildman–Crippen LogP) is 1.00.